The molecule has 1 aliphatic heterocycles. The van der Waals surface area contributed by atoms with E-state index in [4.69, 9.17) is 0 Å². The maximum absolute atomic E-state index is 12.7. The first kappa shape index (κ1) is 16.4. The van der Waals surface area contributed by atoms with E-state index in [1.807, 2.05) is 19.0 Å². The van der Waals surface area contributed by atoms with Gasteiger partial charge in [-0.25, -0.2) is 9.97 Å². The predicted molar refractivity (Wildman–Crippen MR) is 94.8 cm³/mol. The molecule has 5 nitrogen and oxygen atoms in total. The van der Waals surface area contributed by atoms with E-state index >= 15 is 0 Å². The molecule has 1 atom stereocenters. The minimum atomic E-state index is 0.189. The van der Waals surface area contributed by atoms with Gasteiger partial charge in [-0.2, -0.15) is 0 Å². The summed E-state index contributed by atoms with van der Waals surface area (Å²) >= 11 is 0. The van der Waals surface area contributed by atoms with Gasteiger partial charge in [-0.3, -0.25) is 4.79 Å². The number of aryl methyl sites for hydroxylation is 1. The number of hydrogen-bond donors (Lipinski definition) is 0. The monoisotopic (exact) mass is 324 g/mol. The zero-order chi connectivity index (χ0) is 16.9. The van der Waals surface area contributed by atoms with Crippen LogP contribution in [0.3, 0.4) is 0 Å². The molecule has 0 radical (unpaired) electrons. The van der Waals surface area contributed by atoms with Crippen LogP contribution in [0, 0.1) is 0 Å². The van der Waals surface area contributed by atoms with Crippen molar-refractivity contribution in [1.29, 1.82) is 0 Å². The lowest BCUT2D eigenvalue weighted by Gasteiger charge is -2.26. The van der Waals surface area contributed by atoms with E-state index in [9.17, 15) is 4.79 Å². The number of amides is 1. The number of carbonyl (C=O) groups excluding carboxylic acids is 1. The Balaban J connectivity index is 1.68. The lowest BCUT2D eigenvalue weighted by atomic mass is 10.0. The Kier molecular flexibility index (Phi) is 5.08. The molecular formula is C19H24N4O. The number of nitrogens with zero attached hydrogens (tertiary/aromatic N) is 4. The van der Waals surface area contributed by atoms with Crippen molar-refractivity contribution in [3.63, 3.8) is 0 Å². The Labute approximate surface area is 143 Å². The Hall–Kier alpha value is -2.43. The van der Waals surface area contributed by atoms with Crippen molar-refractivity contribution in [1.82, 2.24) is 14.9 Å². The summed E-state index contributed by atoms with van der Waals surface area (Å²) in [6.07, 6.45) is 6.60. The molecular weight excluding hydrogens is 300 g/mol. The summed E-state index contributed by atoms with van der Waals surface area (Å²) in [4.78, 5) is 25.2. The lowest BCUT2D eigenvalue weighted by molar-refractivity contribution is -0.132. The van der Waals surface area contributed by atoms with Crippen LogP contribution in [-0.2, 0) is 11.2 Å². The van der Waals surface area contributed by atoms with Gasteiger partial charge in [-0.05, 0) is 36.6 Å². The van der Waals surface area contributed by atoms with Crippen molar-refractivity contribution >= 4 is 11.6 Å². The van der Waals surface area contributed by atoms with Gasteiger partial charge in [0, 0.05) is 51.6 Å². The zero-order valence-corrected chi connectivity index (χ0v) is 14.4. The van der Waals surface area contributed by atoms with Gasteiger partial charge in [0.15, 0.2) is 0 Å². The van der Waals surface area contributed by atoms with Crippen LogP contribution in [0.15, 0.2) is 42.7 Å². The maximum Gasteiger partial charge on any atom is 0.223 e. The molecule has 2 heterocycles. The van der Waals surface area contributed by atoms with E-state index in [1.54, 1.807) is 18.5 Å². The number of carbonyl (C=O) groups is 1. The normalized spacial score (nSPS) is 17.1. The molecule has 0 bridgehead atoms. The van der Waals surface area contributed by atoms with Crippen molar-refractivity contribution in [3.05, 3.63) is 54.1 Å². The highest BCUT2D eigenvalue weighted by molar-refractivity contribution is 5.77. The first-order chi connectivity index (χ1) is 11.6. The van der Waals surface area contributed by atoms with E-state index in [0.717, 1.165) is 25.2 Å². The van der Waals surface area contributed by atoms with Crippen LogP contribution in [0.1, 0.15) is 36.7 Å². The highest BCUT2D eigenvalue weighted by Gasteiger charge is 2.29. The van der Waals surface area contributed by atoms with Crippen molar-refractivity contribution in [2.75, 3.05) is 25.5 Å². The topological polar surface area (TPSA) is 49.3 Å². The molecule has 1 amide bonds. The van der Waals surface area contributed by atoms with Crippen LogP contribution < -0.4 is 4.90 Å². The van der Waals surface area contributed by atoms with E-state index in [0.29, 0.717) is 12.8 Å². The SMILES string of the molecule is CN(C)c1cccc(C2CCCN2C(=O)CCc2ncccn2)c1. The summed E-state index contributed by atoms with van der Waals surface area (Å²) in [5.74, 6) is 0.927. The van der Waals surface area contributed by atoms with Crippen LogP contribution in [0.2, 0.25) is 0 Å². The van der Waals surface area contributed by atoms with Gasteiger partial charge in [-0.15, -0.1) is 0 Å². The summed E-state index contributed by atoms with van der Waals surface area (Å²) in [6.45, 7) is 0.839. The maximum atomic E-state index is 12.7. The highest BCUT2D eigenvalue weighted by Crippen LogP contribution is 2.33. The number of hydrogen-bond acceptors (Lipinski definition) is 4. The third kappa shape index (κ3) is 3.72. The number of benzene rings is 1. The summed E-state index contributed by atoms with van der Waals surface area (Å²) in [7, 11) is 4.08. The molecule has 0 N–H and O–H groups in total. The first-order valence-corrected chi connectivity index (χ1v) is 8.48. The van der Waals surface area contributed by atoms with Gasteiger partial charge in [0.25, 0.3) is 0 Å². The van der Waals surface area contributed by atoms with Gasteiger partial charge in [0.05, 0.1) is 6.04 Å². The summed E-state index contributed by atoms with van der Waals surface area (Å²) < 4.78 is 0. The summed E-state index contributed by atoms with van der Waals surface area (Å²) in [5.41, 5.74) is 2.40. The molecule has 0 aliphatic carbocycles. The number of rotatable bonds is 5. The average Bonchev–Trinajstić information content (AvgIpc) is 3.10. The molecule has 1 aromatic carbocycles. The number of anilines is 1. The minimum absolute atomic E-state index is 0.189. The second kappa shape index (κ2) is 7.43. The Morgan fingerprint density at radius 3 is 2.79 bits per heavy atom. The molecule has 126 valence electrons. The molecule has 0 saturated carbocycles. The molecule has 1 fully saturated rings. The van der Waals surface area contributed by atoms with Crippen LogP contribution >= 0.6 is 0 Å². The van der Waals surface area contributed by atoms with Gasteiger partial charge < -0.3 is 9.80 Å². The van der Waals surface area contributed by atoms with Crippen molar-refractivity contribution < 1.29 is 4.79 Å². The van der Waals surface area contributed by atoms with Gasteiger partial charge >= 0.3 is 0 Å². The van der Waals surface area contributed by atoms with Crippen molar-refractivity contribution in [2.45, 2.75) is 31.7 Å². The van der Waals surface area contributed by atoms with Crippen LogP contribution in [0.25, 0.3) is 0 Å². The lowest BCUT2D eigenvalue weighted by Crippen LogP contribution is -2.31. The third-order valence-corrected chi connectivity index (χ3v) is 4.53. The van der Waals surface area contributed by atoms with E-state index in [2.05, 4.69) is 39.1 Å². The molecule has 1 unspecified atom stereocenters. The zero-order valence-electron chi connectivity index (χ0n) is 14.4. The molecule has 0 spiro atoms. The smallest absolute Gasteiger partial charge is 0.223 e. The van der Waals surface area contributed by atoms with Gasteiger partial charge in [0.1, 0.15) is 5.82 Å². The van der Waals surface area contributed by atoms with E-state index < -0.39 is 0 Å². The fourth-order valence-electron chi connectivity index (χ4n) is 3.24. The Morgan fingerprint density at radius 2 is 2.04 bits per heavy atom. The average molecular weight is 324 g/mol. The minimum Gasteiger partial charge on any atom is -0.378 e. The second-order valence-electron chi connectivity index (χ2n) is 6.40. The number of likely N-dealkylation sites (tertiary alicyclic amines) is 1. The molecule has 1 aromatic heterocycles. The van der Waals surface area contributed by atoms with Crippen LogP contribution in [0.4, 0.5) is 5.69 Å². The van der Waals surface area contributed by atoms with Crippen LogP contribution in [-0.4, -0.2) is 41.4 Å². The van der Waals surface area contributed by atoms with Crippen molar-refractivity contribution in [3.8, 4) is 0 Å². The molecule has 1 aliphatic rings. The highest BCUT2D eigenvalue weighted by atomic mass is 16.2. The first-order valence-electron chi connectivity index (χ1n) is 8.48. The molecule has 5 heteroatoms. The predicted octanol–water partition coefficient (Wildman–Crippen LogP) is 2.84. The quantitative estimate of drug-likeness (QED) is 0.848. The summed E-state index contributed by atoms with van der Waals surface area (Å²) in [6, 6.07) is 10.5. The van der Waals surface area contributed by atoms with Gasteiger partial charge in [-0.1, -0.05) is 12.1 Å². The van der Waals surface area contributed by atoms with Crippen LogP contribution in [0.5, 0.6) is 0 Å². The Bertz CT molecular complexity index is 687. The van der Waals surface area contributed by atoms with Crippen molar-refractivity contribution in [2.24, 2.45) is 0 Å². The molecule has 24 heavy (non-hydrogen) atoms. The standard InChI is InChI=1S/C19H24N4O/c1-22(2)16-7-3-6-15(14-16)17-8-4-13-23(17)19(24)10-9-18-20-11-5-12-21-18/h3,5-7,11-12,14,17H,4,8-10,13H2,1-2H3. The van der Waals surface area contributed by atoms with E-state index in [-0.39, 0.29) is 11.9 Å². The molecule has 1 saturated heterocycles. The van der Waals surface area contributed by atoms with E-state index in [1.165, 1.54) is 11.3 Å². The summed E-state index contributed by atoms with van der Waals surface area (Å²) in [5, 5.41) is 0. The van der Waals surface area contributed by atoms with Gasteiger partial charge in [0.2, 0.25) is 5.91 Å². The molecule has 2 aromatic rings. The Morgan fingerprint density at radius 1 is 1.25 bits per heavy atom. The molecule has 3 rings (SSSR count). The fourth-order valence-corrected chi connectivity index (χ4v) is 3.24. The number of aromatic nitrogens is 2. The third-order valence-electron chi connectivity index (χ3n) is 4.53. The fraction of sp³-hybridized carbons (Fsp3) is 0.421. The second-order valence-corrected chi connectivity index (χ2v) is 6.40. The largest absolute Gasteiger partial charge is 0.378 e.